The highest BCUT2D eigenvalue weighted by Crippen LogP contribution is 2.29. The van der Waals surface area contributed by atoms with E-state index in [-0.39, 0.29) is 11.6 Å². The van der Waals surface area contributed by atoms with Crippen LogP contribution in [0, 0.1) is 5.82 Å². The number of hydrogen-bond donors (Lipinski definition) is 1. The van der Waals surface area contributed by atoms with E-state index in [9.17, 15) is 9.50 Å². The van der Waals surface area contributed by atoms with Gasteiger partial charge in [-0.05, 0) is 30.3 Å². The number of hydrogen-bond acceptors (Lipinski definition) is 2. The van der Waals surface area contributed by atoms with Crippen molar-refractivity contribution in [3.8, 4) is 11.5 Å². The van der Waals surface area contributed by atoms with Gasteiger partial charge in [0.2, 0.25) is 0 Å². The van der Waals surface area contributed by atoms with Crippen LogP contribution in [0.5, 0.6) is 11.5 Å². The molecule has 0 radical (unpaired) electrons. The summed E-state index contributed by atoms with van der Waals surface area (Å²) in [7, 11) is 0. The van der Waals surface area contributed by atoms with Crippen molar-refractivity contribution in [1.29, 1.82) is 0 Å². The molecule has 2 aromatic rings. The van der Waals surface area contributed by atoms with Crippen LogP contribution in [0.4, 0.5) is 4.39 Å². The number of aliphatic hydroxyl groups excluding tert-OH is 1. The molecule has 0 saturated carbocycles. The first kappa shape index (κ1) is 13.1. The van der Waals surface area contributed by atoms with Crippen molar-refractivity contribution in [3.63, 3.8) is 0 Å². The number of halogens is 3. The van der Waals surface area contributed by atoms with E-state index in [1.807, 2.05) is 0 Å². The van der Waals surface area contributed by atoms with Crippen LogP contribution in [0.25, 0.3) is 0 Å². The van der Waals surface area contributed by atoms with Crippen molar-refractivity contribution in [2.75, 3.05) is 0 Å². The van der Waals surface area contributed by atoms with Crippen molar-refractivity contribution in [2.45, 2.75) is 6.61 Å². The summed E-state index contributed by atoms with van der Waals surface area (Å²) < 4.78 is 18.7. The lowest BCUT2D eigenvalue weighted by Crippen LogP contribution is -1.92. The standard InChI is InChI=1S/C13H9Cl2FO2/c14-9-1-4-13(8(5-9)7-17)18-10-2-3-11(15)12(16)6-10/h1-6,17H,7H2. The summed E-state index contributed by atoms with van der Waals surface area (Å²) in [4.78, 5) is 0. The first-order valence-electron chi connectivity index (χ1n) is 5.12. The predicted octanol–water partition coefficient (Wildman–Crippen LogP) is 4.42. The van der Waals surface area contributed by atoms with Crippen LogP contribution in [0.3, 0.4) is 0 Å². The molecule has 5 heteroatoms. The SMILES string of the molecule is OCc1cc(Cl)ccc1Oc1ccc(Cl)c(F)c1. The molecule has 0 aliphatic carbocycles. The number of ether oxygens (including phenoxy) is 1. The summed E-state index contributed by atoms with van der Waals surface area (Å²) >= 11 is 11.4. The molecule has 0 heterocycles. The second kappa shape index (κ2) is 5.57. The minimum Gasteiger partial charge on any atom is -0.457 e. The lowest BCUT2D eigenvalue weighted by molar-refractivity contribution is 0.276. The molecule has 94 valence electrons. The highest BCUT2D eigenvalue weighted by molar-refractivity contribution is 6.31. The van der Waals surface area contributed by atoms with Gasteiger partial charge < -0.3 is 9.84 Å². The number of benzene rings is 2. The van der Waals surface area contributed by atoms with E-state index in [0.29, 0.717) is 22.1 Å². The zero-order chi connectivity index (χ0) is 13.1. The average molecular weight is 287 g/mol. The van der Waals surface area contributed by atoms with E-state index in [2.05, 4.69) is 0 Å². The van der Waals surface area contributed by atoms with Crippen LogP contribution in [0.2, 0.25) is 10.0 Å². The Kier molecular flexibility index (Phi) is 4.07. The van der Waals surface area contributed by atoms with Crippen molar-refractivity contribution in [3.05, 3.63) is 57.8 Å². The third-order valence-corrected chi connectivity index (χ3v) is 2.85. The van der Waals surface area contributed by atoms with Crippen LogP contribution in [-0.4, -0.2) is 5.11 Å². The zero-order valence-electron chi connectivity index (χ0n) is 9.16. The molecular weight excluding hydrogens is 278 g/mol. The lowest BCUT2D eigenvalue weighted by Gasteiger charge is -2.10. The van der Waals surface area contributed by atoms with Gasteiger partial charge in [0.1, 0.15) is 17.3 Å². The second-order valence-electron chi connectivity index (χ2n) is 3.59. The Hall–Kier alpha value is -1.29. The van der Waals surface area contributed by atoms with Crippen LogP contribution in [-0.2, 0) is 6.61 Å². The highest BCUT2D eigenvalue weighted by Gasteiger charge is 2.07. The van der Waals surface area contributed by atoms with E-state index < -0.39 is 5.82 Å². The molecule has 18 heavy (non-hydrogen) atoms. The summed E-state index contributed by atoms with van der Waals surface area (Å²) in [5.41, 5.74) is 0.526. The molecule has 0 amide bonds. The van der Waals surface area contributed by atoms with Gasteiger partial charge in [-0.15, -0.1) is 0 Å². The van der Waals surface area contributed by atoms with Crippen molar-refractivity contribution in [1.82, 2.24) is 0 Å². The van der Waals surface area contributed by atoms with Gasteiger partial charge in [-0.3, -0.25) is 0 Å². The minimum absolute atomic E-state index is 0.0286. The molecule has 0 fully saturated rings. The first-order valence-corrected chi connectivity index (χ1v) is 5.88. The molecule has 2 rings (SSSR count). The maximum atomic E-state index is 13.2. The Morgan fingerprint density at radius 3 is 2.56 bits per heavy atom. The molecule has 0 atom stereocenters. The Balaban J connectivity index is 2.30. The Bertz CT molecular complexity index is 573. The van der Waals surface area contributed by atoms with E-state index in [0.717, 1.165) is 0 Å². The summed E-state index contributed by atoms with van der Waals surface area (Å²) in [5.74, 6) is 0.159. The van der Waals surface area contributed by atoms with Gasteiger partial charge in [0.05, 0.1) is 11.6 Å². The average Bonchev–Trinajstić information content (AvgIpc) is 2.36. The predicted molar refractivity (Wildman–Crippen MR) is 68.9 cm³/mol. The van der Waals surface area contributed by atoms with E-state index >= 15 is 0 Å². The summed E-state index contributed by atoms with van der Waals surface area (Å²) in [6.07, 6.45) is 0. The fourth-order valence-corrected chi connectivity index (χ4v) is 1.75. The van der Waals surface area contributed by atoms with Gasteiger partial charge in [-0.1, -0.05) is 23.2 Å². The summed E-state index contributed by atoms with van der Waals surface area (Å²) in [6.45, 7) is -0.216. The van der Waals surface area contributed by atoms with Crippen LogP contribution in [0.1, 0.15) is 5.56 Å². The zero-order valence-corrected chi connectivity index (χ0v) is 10.7. The summed E-state index contributed by atoms with van der Waals surface area (Å²) in [5, 5.41) is 9.71. The summed E-state index contributed by atoms with van der Waals surface area (Å²) in [6, 6.07) is 8.95. The molecule has 0 saturated heterocycles. The molecule has 0 aromatic heterocycles. The van der Waals surface area contributed by atoms with E-state index in [4.69, 9.17) is 27.9 Å². The fourth-order valence-electron chi connectivity index (χ4n) is 1.44. The first-order chi connectivity index (χ1) is 8.60. The largest absolute Gasteiger partial charge is 0.457 e. The smallest absolute Gasteiger partial charge is 0.145 e. The van der Waals surface area contributed by atoms with Crippen molar-refractivity contribution < 1.29 is 14.2 Å². The molecule has 1 N–H and O–H groups in total. The molecule has 2 nitrogen and oxygen atoms in total. The van der Waals surface area contributed by atoms with Crippen LogP contribution in [0.15, 0.2) is 36.4 Å². The molecule has 2 aromatic carbocycles. The molecule has 0 bridgehead atoms. The Labute approximate surface area is 114 Å². The van der Waals surface area contributed by atoms with Gasteiger partial charge in [0, 0.05) is 16.7 Å². The quantitative estimate of drug-likeness (QED) is 0.905. The number of rotatable bonds is 3. The molecule has 0 aliphatic heterocycles. The minimum atomic E-state index is -0.561. The third kappa shape index (κ3) is 2.93. The van der Waals surface area contributed by atoms with Gasteiger partial charge >= 0.3 is 0 Å². The highest BCUT2D eigenvalue weighted by atomic mass is 35.5. The lowest BCUT2D eigenvalue weighted by atomic mass is 10.2. The van der Waals surface area contributed by atoms with Crippen molar-refractivity contribution >= 4 is 23.2 Å². The monoisotopic (exact) mass is 286 g/mol. The van der Waals surface area contributed by atoms with Crippen LogP contribution < -0.4 is 4.74 Å². The molecule has 0 aliphatic rings. The maximum absolute atomic E-state index is 13.2. The normalized spacial score (nSPS) is 10.4. The molecule has 0 unspecified atom stereocenters. The van der Waals surface area contributed by atoms with E-state index in [1.165, 1.54) is 12.1 Å². The topological polar surface area (TPSA) is 29.5 Å². The fraction of sp³-hybridized carbons (Fsp3) is 0.0769. The molecule has 0 spiro atoms. The Morgan fingerprint density at radius 2 is 1.89 bits per heavy atom. The van der Waals surface area contributed by atoms with Crippen LogP contribution >= 0.6 is 23.2 Å². The molecular formula is C13H9Cl2FO2. The third-order valence-electron chi connectivity index (χ3n) is 2.31. The van der Waals surface area contributed by atoms with Gasteiger partial charge in [-0.2, -0.15) is 0 Å². The van der Waals surface area contributed by atoms with Crippen molar-refractivity contribution in [2.24, 2.45) is 0 Å². The van der Waals surface area contributed by atoms with Gasteiger partial charge in [0.15, 0.2) is 0 Å². The van der Waals surface area contributed by atoms with E-state index in [1.54, 1.807) is 24.3 Å². The number of aliphatic hydroxyl groups is 1. The second-order valence-corrected chi connectivity index (χ2v) is 4.43. The van der Waals surface area contributed by atoms with Gasteiger partial charge in [-0.25, -0.2) is 4.39 Å². The maximum Gasteiger partial charge on any atom is 0.145 e. The van der Waals surface area contributed by atoms with Gasteiger partial charge in [0.25, 0.3) is 0 Å². The Morgan fingerprint density at radius 1 is 1.11 bits per heavy atom.